The zero-order valence-electron chi connectivity index (χ0n) is 20.0. The minimum Gasteiger partial charge on any atom is -0.507 e. The molecule has 5 rings (SSSR count). The third-order valence-corrected chi connectivity index (χ3v) is 7.40. The number of halogens is 2. The summed E-state index contributed by atoms with van der Waals surface area (Å²) in [5, 5.41) is 25.7. The summed E-state index contributed by atoms with van der Waals surface area (Å²) in [6.45, 7) is 5.31. The Bertz CT molecular complexity index is 1320. The van der Waals surface area contributed by atoms with Gasteiger partial charge in [-0.2, -0.15) is 0 Å². The second-order valence-electron chi connectivity index (χ2n) is 10.5. The highest BCUT2D eigenvalue weighted by atomic mass is 19.2. The number of rotatable bonds is 5. The van der Waals surface area contributed by atoms with Gasteiger partial charge in [0.25, 0.3) is 5.56 Å². The first kappa shape index (κ1) is 23.4. The van der Waals surface area contributed by atoms with Gasteiger partial charge in [0.2, 0.25) is 0 Å². The first-order valence-corrected chi connectivity index (χ1v) is 11.8. The molecule has 2 fully saturated rings. The Morgan fingerprint density at radius 3 is 2.46 bits per heavy atom. The summed E-state index contributed by atoms with van der Waals surface area (Å²) in [5.41, 5.74) is -0.415. The van der Waals surface area contributed by atoms with Crippen LogP contribution < -0.4 is 16.2 Å². The molecule has 2 atom stereocenters. The number of aryl methyl sites for hydroxylation is 1. The van der Waals surface area contributed by atoms with Crippen molar-refractivity contribution in [2.24, 2.45) is 13.0 Å². The maximum Gasteiger partial charge on any atom is 0.250 e. The molecule has 2 bridgehead atoms. The van der Waals surface area contributed by atoms with Crippen molar-refractivity contribution in [3.05, 3.63) is 58.5 Å². The van der Waals surface area contributed by atoms with Crippen molar-refractivity contribution in [1.29, 1.82) is 0 Å². The zero-order chi connectivity index (χ0) is 25.0. The van der Waals surface area contributed by atoms with Crippen LogP contribution in [-0.2, 0) is 7.05 Å². The monoisotopic (exact) mass is 481 g/mol. The predicted octanol–water partition coefficient (Wildman–Crippen LogP) is 4.22. The van der Waals surface area contributed by atoms with Gasteiger partial charge < -0.3 is 20.3 Å². The van der Waals surface area contributed by atoms with Crippen molar-refractivity contribution in [2.75, 3.05) is 11.9 Å². The Morgan fingerprint density at radius 1 is 1.11 bits per heavy atom. The van der Waals surface area contributed by atoms with E-state index < -0.39 is 17.4 Å². The van der Waals surface area contributed by atoms with Gasteiger partial charge >= 0.3 is 0 Å². The van der Waals surface area contributed by atoms with Crippen molar-refractivity contribution >= 4 is 5.82 Å². The number of pyridine rings is 1. The molecule has 0 amide bonds. The molecule has 2 unspecified atom stereocenters. The van der Waals surface area contributed by atoms with Gasteiger partial charge in [-0.1, -0.05) is 0 Å². The van der Waals surface area contributed by atoms with Gasteiger partial charge in [-0.25, -0.2) is 8.78 Å². The smallest absolute Gasteiger partial charge is 0.250 e. The minimum atomic E-state index is -1.25. The van der Waals surface area contributed by atoms with Crippen molar-refractivity contribution in [1.82, 2.24) is 20.1 Å². The van der Waals surface area contributed by atoms with E-state index in [1.54, 1.807) is 13.1 Å². The molecule has 0 radical (unpaired) electrons. The Kier molecular flexibility index (Phi) is 5.62. The van der Waals surface area contributed by atoms with Gasteiger partial charge in [0.1, 0.15) is 11.6 Å². The van der Waals surface area contributed by atoms with E-state index in [4.69, 9.17) is 0 Å². The Labute approximate surface area is 202 Å². The highest BCUT2D eigenvalue weighted by molar-refractivity contribution is 5.75. The van der Waals surface area contributed by atoms with Crippen LogP contribution in [0.2, 0.25) is 0 Å². The van der Waals surface area contributed by atoms with Crippen molar-refractivity contribution < 1.29 is 13.9 Å². The van der Waals surface area contributed by atoms with Gasteiger partial charge in [0.05, 0.1) is 11.3 Å². The number of hydrogen-bond donors (Lipinski definition) is 3. The van der Waals surface area contributed by atoms with Gasteiger partial charge in [-0.15, -0.1) is 10.2 Å². The fourth-order valence-corrected chi connectivity index (χ4v) is 5.79. The van der Waals surface area contributed by atoms with Crippen LogP contribution in [-0.4, -0.2) is 37.5 Å². The molecule has 0 saturated carbocycles. The number of phenolic OH excluding ortho intramolecular Hbond substituents is 1. The van der Waals surface area contributed by atoms with Gasteiger partial charge in [-0.3, -0.25) is 4.79 Å². The maximum atomic E-state index is 15.0. The Hall–Kier alpha value is -3.33. The molecule has 2 aromatic heterocycles. The molecular weight excluding hydrogens is 452 g/mol. The number of hydrogen-bond acceptors (Lipinski definition) is 6. The standard InChI is InChI=1S/C26H29F2N5O2/c1-25-7-8-26(2,32-25)13-15(12-25)14-29-20-5-4-18(30-31-20)22-19(34)11-17(23(27)24(22)28)16-6-9-33(3)21(35)10-16/h4-6,9-11,15,32,34H,7-8,12-14H2,1-3H3,(H,29,31). The molecule has 2 aliphatic rings. The molecule has 4 heterocycles. The van der Waals surface area contributed by atoms with Crippen LogP contribution >= 0.6 is 0 Å². The number of nitrogens with zero attached hydrogens (tertiary/aromatic N) is 3. The van der Waals surface area contributed by atoms with E-state index in [0.717, 1.165) is 25.5 Å². The van der Waals surface area contributed by atoms with E-state index in [-0.39, 0.29) is 39.0 Å². The van der Waals surface area contributed by atoms with Crippen LogP contribution in [0.15, 0.2) is 41.3 Å². The second-order valence-corrected chi connectivity index (χ2v) is 10.5. The lowest BCUT2D eigenvalue weighted by atomic mass is 9.80. The number of nitrogens with one attached hydrogen (secondary N) is 2. The molecule has 0 spiro atoms. The fourth-order valence-electron chi connectivity index (χ4n) is 5.79. The minimum absolute atomic E-state index is 0.0138. The molecule has 184 valence electrons. The summed E-state index contributed by atoms with van der Waals surface area (Å²) in [6, 6.07) is 6.91. The van der Waals surface area contributed by atoms with Crippen LogP contribution in [0.3, 0.4) is 0 Å². The first-order chi connectivity index (χ1) is 16.6. The molecular formula is C26H29F2N5O2. The largest absolute Gasteiger partial charge is 0.507 e. The lowest BCUT2D eigenvalue weighted by Gasteiger charge is -2.42. The summed E-state index contributed by atoms with van der Waals surface area (Å²) in [6.07, 6.45) is 5.98. The molecule has 1 aromatic carbocycles. The van der Waals surface area contributed by atoms with E-state index >= 15 is 4.39 Å². The quantitative estimate of drug-likeness (QED) is 0.506. The van der Waals surface area contributed by atoms with Gasteiger partial charge in [0, 0.05) is 42.5 Å². The van der Waals surface area contributed by atoms with Crippen LogP contribution in [0.5, 0.6) is 5.75 Å². The van der Waals surface area contributed by atoms with Crippen molar-refractivity contribution in [2.45, 2.75) is 50.6 Å². The third-order valence-electron chi connectivity index (χ3n) is 7.40. The van der Waals surface area contributed by atoms with E-state index in [1.165, 1.54) is 41.8 Å². The lowest BCUT2D eigenvalue weighted by Crippen LogP contribution is -2.54. The average molecular weight is 482 g/mol. The molecule has 9 heteroatoms. The van der Waals surface area contributed by atoms with Gasteiger partial charge in [-0.05, 0) is 75.3 Å². The topological polar surface area (TPSA) is 92.1 Å². The van der Waals surface area contributed by atoms with Crippen LogP contribution in [0.1, 0.15) is 39.5 Å². The Morgan fingerprint density at radius 2 is 1.83 bits per heavy atom. The van der Waals surface area contributed by atoms with Crippen LogP contribution in [0.4, 0.5) is 14.6 Å². The normalized spacial score (nSPS) is 25.6. The number of anilines is 1. The summed E-state index contributed by atoms with van der Waals surface area (Å²) < 4.78 is 31.2. The van der Waals surface area contributed by atoms with Crippen molar-refractivity contribution in [3.63, 3.8) is 0 Å². The molecule has 2 aliphatic heterocycles. The molecule has 0 aliphatic carbocycles. The highest BCUT2D eigenvalue weighted by Crippen LogP contribution is 2.44. The summed E-state index contributed by atoms with van der Waals surface area (Å²) in [4.78, 5) is 11.9. The third kappa shape index (κ3) is 4.40. The average Bonchev–Trinajstić information content (AvgIpc) is 3.04. The number of fused-ring (bicyclic) bond motifs is 2. The molecule has 35 heavy (non-hydrogen) atoms. The molecule has 3 N–H and O–H groups in total. The number of aromatic hydroxyl groups is 1. The summed E-state index contributed by atoms with van der Waals surface area (Å²) in [7, 11) is 1.55. The predicted molar refractivity (Wildman–Crippen MR) is 130 cm³/mol. The second kappa shape index (κ2) is 8.41. The lowest BCUT2D eigenvalue weighted by molar-refractivity contribution is 0.178. The van der Waals surface area contributed by atoms with Crippen LogP contribution in [0, 0.1) is 17.6 Å². The highest BCUT2D eigenvalue weighted by Gasteiger charge is 2.48. The Balaban J connectivity index is 1.34. The van der Waals surface area contributed by atoms with E-state index in [9.17, 15) is 14.3 Å². The summed E-state index contributed by atoms with van der Waals surface area (Å²) in [5.74, 6) is -1.87. The molecule has 3 aromatic rings. The molecule has 2 saturated heterocycles. The zero-order valence-corrected chi connectivity index (χ0v) is 20.0. The fraction of sp³-hybridized carbons (Fsp3) is 0.423. The SMILES string of the molecule is Cn1ccc(-c2cc(O)c(-c3ccc(NCC4CC5(C)CCC(C)(C4)N5)nn3)c(F)c2F)cc1=O. The van der Waals surface area contributed by atoms with E-state index in [1.807, 2.05) is 0 Å². The number of aromatic nitrogens is 3. The first-order valence-electron chi connectivity index (χ1n) is 11.8. The van der Waals surface area contributed by atoms with E-state index in [2.05, 4.69) is 34.7 Å². The number of piperidine rings is 1. The molecule has 7 nitrogen and oxygen atoms in total. The van der Waals surface area contributed by atoms with Crippen LogP contribution in [0.25, 0.3) is 22.4 Å². The number of benzene rings is 1. The van der Waals surface area contributed by atoms with Crippen molar-refractivity contribution in [3.8, 4) is 28.1 Å². The summed E-state index contributed by atoms with van der Waals surface area (Å²) >= 11 is 0. The van der Waals surface area contributed by atoms with Gasteiger partial charge in [0.15, 0.2) is 11.6 Å². The van der Waals surface area contributed by atoms with E-state index in [0.29, 0.717) is 11.7 Å². The maximum absolute atomic E-state index is 15.0. The number of phenols is 1.